The van der Waals surface area contributed by atoms with Crippen molar-refractivity contribution in [3.05, 3.63) is 295 Å². The van der Waals surface area contributed by atoms with Crippen LogP contribution in [-0.4, -0.2) is 6.71 Å². The number of benzene rings is 14. The maximum absolute atomic E-state index is 2.76. The minimum atomic E-state index is -0.301. The molecule has 0 aliphatic carbocycles. The van der Waals surface area contributed by atoms with Crippen LogP contribution in [0.1, 0.15) is 132 Å². The quantitative estimate of drug-likeness (QED) is 0.111. The number of rotatable bonds is 8. The normalized spacial score (nSPS) is 13.3. The van der Waals surface area contributed by atoms with E-state index in [-0.39, 0.29) is 33.8 Å². The van der Waals surface area contributed by atoms with E-state index >= 15 is 0 Å². The van der Waals surface area contributed by atoms with Crippen molar-refractivity contribution >= 4 is 89.5 Å². The van der Waals surface area contributed by atoms with E-state index in [9.17, 15) is 0 Å². The fourth-order valence-electron chi connectivity index (χ4n) is 15.9. The zero-order valence-corrected chi connectivity index (χ0v) is 60.4. The van der Waals surface area contributed by atoms with Crippen molar-refractivity contribution in [3.63, 3.8) is 0 Å². The second kappa shape index (κ2) is 23.2. The first-order valence-electron chi connectivity index (χ1n) is 35.7. The maximum atomic E-state index is 2.76. The zero-order chi connectivity index (χ0) is 68.8. The summed E-state index contributed by atoms with van der Waals surface area (Å²) in [4.78, 5) is 5.49. The van der Waals surface area contributed by atoms with E-state index in [0.29, 0.717) is 0 Å². The van der Waals surface area contributed by atoms with E-state index in [1.54, 1.807) is 0 Å². The molecule has 3 heteroatoms. The van der Waals surface area contributed by atoms with E-state index in [2.05, 4.69) is 381 Å². The summed E-state index contributed by atoms with van der Waals surface area (Å²) in [5, 5.41) is 7.82. The molecule has 0 saturated heterocycles. The fourth-order valence-corrected chi connectivity index (χ4v) is 15.9. The Labute approximate surface area is 588 Å². The largest absolute Gasteiger partial charge is 0.310 e. The van der Waals surface area contributed by atoms with Gasteiger partial charge in [-0.1, -0.05) is 310 Å². The van der Waals surface area contributed by atoms with Gasteiger partial charge in [0.15, 0.2) is 0 Å². The summed E-state index contributed by atoms with van der Waals surface area (Å²) in [6.45, 7) is 35.3. The van der Waals surface area contributed by atoms with Gasteiger partial charge in [-0.2, -0.15) is 0 Å². The fraction of sp³-hybridized carbons (Fsp3) is 0.208. The lowest BCUT2D eigenvalue weighted by molar-refractivity contribution is 0.590. The van der Waals surface area contributed by atoms with Crippen LogP contribution in [0.4, 0.5) is 34.1 Å². The van der Waals surface area contributed by atoms with Gasteiger partial charge in [-0.25, -0.2) is 0 Å². The van der Waals surface area contributed by atoms with Crippen LogP contribution in [0.5, 0.6) is 0 Å². The molecule has 2 aliphatic heterocycles. The second-order valence-electron chi connectivity index (χ2n) is 33.4. The molecule has 14 aromatic carbocycles. The van der Waals surface area contributed by atoms with Crippen LogP contribution in [0.15, 0.2) is 267 Å². The third kappa shape index (κ3) is 11.0. The number of hydrogen-bond acceptors (Lipinski definition) is 2. The Balaban J connectivity index is 1.10. The molecule has 0 unspecified atom stereocenters. The van der Waals surface area contributed by atoms with Gasteiger partial charge < -0.3 is 9.80 Å². The number of nitrogens with zero attached hydrogens (tertiary/aromatic N) is 2. The predicted molar refractivity (Wildman–Crippen MR) is 430 cm³/mol. The van der Waals surface area contributed by atoms with E-state index in [1.165, 1.54) is 166 Å². The minimum absolute atomic E-state index is 0.0558. The summed E-state index contributed by atoms with van der Waals surface area (Å²) in [7, 11) is 0. The molecule has 0 spiro atoms. The topological polar surface area (TPSA) is 6.48 Å². The molecule has 0 aromatic heterocycles. The molecule has 0 saturated carbocycles. The first kappa shape index (κ1) is 63.5. The average molecular weight is 1280 g/mol. The molecule has 0 amide bonds. The van der Waals surface area contributed by atoms with Gasteiger partial charge in [0, 0.05) is 45.0 Å². The molecule has 0 N–H and O–H groups in total. The molecule has 2 aliphatic rings. The third-order valence-electron chi connectivity index (χ3n) is 21.5. The molecule has 0 atom stereocenters. The lowest BCUT2D eigenvalue weighted by atomic mass is 9.33. The number of fused-ring (bicyclic) bond motifs is 4. The lowest BCUT2D eigenvalue weighted by Crippen LogP contribution is -2.61. The summed E-state index contributed by atoms with van der Waals surface area (Å²) < 4.78 is 0. The van der Waals surface area contributed by atoms with Crippen LogP contribution < -0.4 is 26.2 Å². The molecule has 16 rings (SSSR count). The van der Waals surface area contributed by atoms with Crippen molar-refractivity contribution in [2.24, 2.45) is 0 Å². The summed E-state index contributed by atoms with van der Waals surface area (Å²) in [5.74, 6) is 0. The van der Waals surface area contributed by atoms with Crippen LogP contribution >= 0.6 is 0 Å². The van der Waals surface area contributed by atoms with Gasteiger partial charge in [-0.15, -0.1) is 0 Å². The van der Waals surface area contributed by atoms with E-state index in [1.807, 2.05) is 0 Å². The first-order valence-corrected chi connectivity index (χ1v) is 35.7. The highest BCUT2D eigenvalue weighted by Gasteiger charge is 2.47. The molecular formula is C96H89BN2. The highest BCUT2D eigenvalue weighted by Crippen LogP contribution is 2.56. The number of hydrogen-bond donors (Lipinski definition) is 0. The lowest BCUT2D eigenvalue weighted by Gasteiger charge is -2.47. The van der Waals surface area contributed by atoms with Gasteiger partial charge in [-0.05, 0) is 209 Å². The molecule has 99 heavy (non-hydrogen) atoms. The van der Waals surface area contributed by atoms with Crippen LogP contribution in [0.25, 0.3) is 99.1 Å². The van der Waals surface area contributed by atoms with E-state index in [0.717, 1.165) is 11.4 Å². The third-order valence-corrected chi connectivity index (χ3v) is 21.5. The minimum Gasteiger partial charge on any atom is -0.310 e. The van der Waals surface area contributed by atoms with Crippen molar-refractivity contribution in [1.29, 1.82) is 0 Å². The SMILES string of the molecule is CC(C)(C)c1cc(-c2ccccc2)c(N2c3cc(-c4ccccc4)ccc3B3c4ccc(-c5cc6cc(C(C)(C)C)cc7ccc8cc(C(C)(C)C)cc5c8c76)cc4N(c4c(-c5ccccc5)cc(C(C)(C)C)cc4-c4ccccc4)c4cc(C(C)(C)C)cc2c43)c(-c2ccccc2)c1. The molecule has 2 heterocycles. The number of anilines is 6. The Hall–Kier alpha value is -10.2. The Morgan fingerprint density at radius 3 is 0.949 bits per heavy atom. The smallest absolute Gasteiger partial charge is 0.252 e. The Morgan fingerprint density at radius 1 is 0.232 bits per heavy atom. The Morgan fingerprint density at radius 2 is 0.556 bits per heavy atom. The second-order valence-corrected chi connectivity index (χ2v) is 33.4. The monoisotopic (exact) mass is 1280 g/mol. The highest BCUT2D eigenvalue weighted by molar-refractivity contribution is 7.00. The van der Waals surface area contributed by atoms with Gasteiger partial charge in [0.1, 0.15) is 0 Å². The Bertz CT molecular complexity index is 5360. The molecule has 14 aromatic rings. The molecule has 0 radical (unpaired) electrons. The van der Waals surface area contributed by atoms with Crippen molar-refractivity contribution in [2.75, 3.05) is 9.80 Å². The van der Waals surface area contributed by atoms with Crippen LogP contribution in [0.2, 0.25) is 0 Å². The summed E-state index contributed by atoms with van der Waals surface area (Å²) in [6.07, 6.45) is 0. The zero-order valence-electron chi connectivity index (χ0n) is 60.4. The van der Waals surface area contributed by atoms with Gasteiger partial charge >= 0.3 is 0 Å². The van der Waals surface area contributed by atoms with Crippen molar-refractivity contribution in [3.8, 4) is 66.8 Å². The summed E-state index contributed by atoms with van der Waals surface area (Å²) in [6, 6.07) is 103. The summed E-state index contributed by atoms with van der Waals surface area (Å²) >= 11 is 0. The van der Waals surface area contributed by atoms with Crippen LogP contribution in [0.3, 0.4) is 0 Å². The Kier molecular flexibility index (Phi) is 14.9. The van der Waals surface area contributed by atoms with Crippen molar-refractivity contribution in [1.82, 2.24) is 0 Å². The average Bonchev–Trinajstić information content (AvgIpc) is 0.685. The van der Waals surface area contributed by atoms with Gasteiger partial charge in [0.05, 0.1) is 11.4 Å². The van der Waals surface area contributed by atoms with E-state index in [4.69, 9.17) is 0 Å². The predicted octanol–water partition coefficient (Wildman–Crippen LogP) is 25.2. The molecule has 0 fully saturated rings. The van der Waals surface area contributed by atoms with Crippen molar-refractivity contribution in [2.45, 2.75) is 131 Å². The van der Waals surface area contributed by atoms with E-state index < -0.39 is 0 Å². The molecule has 0 bridgehead atoms. The standard InChI is InChI=1S/C96H89BN2/c1-92(2,3)70-47-67-41-42-68-48-71(93(4,5)6)57-80-75(50-69(49-70)87(67)88(68)80)66-44-46-82-84(52-66)99(91-78(63-37-27-19-28-38-63)55-73(95(10,11)12)56-79(91)64-39-29-20-30-40-64)86-59-74(96(13,14)15)58-85-89(86)97(82)81-45-43-65(60-31-21-16-22-32-60)51-83(81)98(85)90-76(61-33-23-17-24-34-61)53-72(94(7,8)9)54-77(90)62-35-25-18-26-36-62/h16-59H,1-15H3. The summed E-state index contributed by atoms with van der Waals surface area (Å²) in [5.41, 5.74) is 30.8. The molecule has 2 nitrogen and oxygen atoms in total. The maximum Gasteiger partial charge on any atom is 0.252 e. The van der Waals surface area contributed by atoms with Crippen LogP contribution in [0, 0.1) is 0 Å². The molecule has 486 valence electrons. The van der Waals surface area contributed by atoms with Gasteiger partial charge in [0.25, 0.3) is 6.71 Å². The van der Waals surface area contributed by atoms with Gasteiger partial charge in [-0.3, -0.25) is 0 Å². The first-order chi connectivity index (χ1) is 47.3. The highest BCUT2D eigenvalue weighted by atomic mass is 15.2. The molecular weight excluding hydrogens is 1190 g/mol. The van der Waals surface area contributed by atoms with Crippen molar-refractivity contribution < 1.29 is 0 Å². The van der Waals surface area contributed by atoms with Crippen LogP contribution in [-0.2, 0) is 27.1 Å². The van der Waals surface area contributed by atoms with Gasteiger partial charge in [0.2, 0.25) is 0 Å².